The highest BCUT2D eigenvalue weighted by atomic mass is 19.3. The summed E-state index contributed by atoms with van der Waals surface area (Å²) >= 11 is 0. The van der Waals surface area contributed by atoms with Crippen molar-refractivity contribution < 1.29 is 37.5 Å². The smallest absolute Gasteiger partial charge is 0.284 e. The van der Waals surface area contributed by atoms with Crippen LogP contribution in [0.4, 0.5) is 20.2 Å². The molecule has 5 aliphatic rings. The van der Waals surface area contributed by atoms with Crippen molar-refractivity contribution in [3.05, 3.63) is 77.0 Å². The molecule has 0 spiro atoms. The average Bonchev–Trinajstić information content (AvgIpc) is 3.96. The van der Waals surface area contributed by atoms with E-state index in [1.165, 1.54) is 16.9 Å². The van der Waals surface area contributed by atoms with Gasteiger partial charge in [0.05, 0.1) is 48.0 Å². The van der Waals surface area contributed by atoms with E-state index in [0.717, 1.165) is 68.4 Å². The molecule has 16 nitrogen and oxygen atoms in total. The summed E-state index contributed by atoms with van der Waals surface area (Å²) in [6, 6.07) is 6.35. The van der Waals surface area contributed by atoms with Crippen LogP contribution in [0.2, 0.25) is 0 Å². The summed E-state index contributed by atoms with van der Waals surface area (Å²) in [5.74, 6) is -2.24. The number of hydrogen-bond donors (Lipinski definition) is 3. The number of ether oxygens (including phenoxy) is 1. The molecule has 2 aliphatic carbocycles. The van der Waals surface area contributed by atoms with Gasteiger partial charge < -0.3 is 20.3 Å². The molecule has 3 aromatic heterocycles. The highest BCUT2D eigenvalue weighted by Gasteiger charge is 2.46. The lowest BCUT2D eigenvalue weighted by atomic mass is 9.84. The van der Waals surface area contributed by atoms with Crippen LogP contribution in [-0.4, -0.2) is 109 Å². The van der Waals surface area contributed by atoms with Gasteiger partial charge in [-0.2, -0.15) is 10.2 Å². The van der Waals surface area contributed by atoms with Crippen LogP contribution >= 0.6 is 0 Å². The van der Waals surface area contributed by atoms with E-state index in [1.807, 2.05) is 12.1 Å². The molecule has 3 aliphatic heterocycles. The molecule has 2 saturated carbocycles. The van der Waals surface area contributed by atoms with E-state index < -0.39 is 47.7 Å². The molecular weight excluding hydrogens is 791 g/mol. The summed E-state index contributed by atoms with van der Waals surface area (Å²) in [6.07, 6.45) is 11.6. The number of fused-ring (bicyclic) bond motifs is 2. The number of carbonyl (C=O) groups excluding carboxylic acids is 5. The number of amides is 5. The van der Waals surface area contributed by atoms with Crippen molar-refractivity contribution >= 4 is 52.1 Å². The van der Waals surface area contributed by atoms with Crippen molar-refractivity contribution in [2.75, 3.05) is 37.4 Å². The normalized spacial score (nSPS) is 24.6. The first-order valence-electron chi connectivity index (χ1n) is 21.1. The van der Waals surface area contributed by atoms with E-state index >= 15 is 0 Å². The first kappa shape index (κ1) is 40.5. The predicted octanol–water partition coefficient (Wildman–Crippen LogP) is 5.41. The molecule has 0 radical (unpaired) electrons. The fraction of sp³-hybridized carbons (Fsp3) is 0.488. The first-order chi connectivity index (χ1) is 29.5. The lowest BCUT2D eigenvalue weighted by Crippen LogP contribution is -2.54. The first-order valence-corrected chi connectivity index (χ1v) is 21.1. The Morgan fingerprint density at radius 2 is 1.79 bits per heavy atom. The third kappa shape index (κ3) is 8.05. The Bertz CT molecular complexity index is 2410. The van der Waals surface area contributed by atoms with Gasteiger partial charge in [-0.25, -0.2) is 18.3 Å². The van der Waals surface area contributed by atoms with Crippen molar-refractivity contribution in [3.63, 3.8) is 0 Å². The molecule has 1 saturated heterocycles. The summed E-state index contributed by atoms with van der Waals surface area (Å²) < 4.78 is 37.0. The molecule has 18 heteroatoms. The molecule has 9 rings (SSSR count). The number of rotatable bonds is 11. The van der Waals surface area contributed by atoms with Crippen LogP contribution < -0.4 is 16.0 Å². The van der Waals surface area contributed by atoms with E-state index in [4.69, 9.17) is 4.74 Å². The fourth-order valence-electron chi connectivity index (χ4n) is 9.67. The molecule has 1 aromatic carbocycles. The van der Waals surface area contributed by atoms with Crippen LogP contribution in [0, 0.1) is 5.92 Å². The van der Waals surface area contributed by atoms with Crippen molar-refractivity contribution in [2.24, 2.45) is 5.92 Å². The van der Waals surface area contributed by atoms with Gasteiger partial charge in [0.1, 0.15) is 11.6 Å². The summed E-state index contributed by atoms with van der Waals surface area (Å²) in [4.78, 5) is 72.7. The van der Waals surface area contributed by atoms with Gasteiger partial charge in [0.2, 0.25) is 11.8 Å². The van der Waals surface area contributed by atoms with Crippen LogP contribution in [0.3, 0.4) is 0 Å². The molecule has 0 bridgehead atoms. The summed E-state index contributed by atoms with van der Waals surface area (Å²) in [7, 11) is 2.16. The molecule has 4 aromatic rings. The summed E-state index contributed by atoms with van der Waals surface area (Å²) in [5, 5.41) is 17.0. The van der Waals surface area contributed by atoms with Crippen LogP contribution in [0.1, 0.15) is 126 Å². The minimum atomic E-state index is -2.88. The minimum absolute atomic E-state index is 0.0273. The molecule has 6 heterocycles. The average molecular weight is 839 g/mol. The Morgan fingerprint density at radius 1 is 0.984 bits per heavy atom. The number of aromatic nitrogens is 5. The Balaban J connectivity index is 0.770. The van der Waals surface area contributed by atoms with Gasteiger partial charge in [-0.1, -0.05) is 12.1 Å². The molecule has 5 amide bonds. The number of nitrogens with one attached hydrogen (secondary N) is 3. The summed E-state index contributed by atoms with van der Waals surface area (Å²) in [6.45, 7) is 1.99. The van der Waals surface area contributed by atoms with E-state index in [2.05, 4.69) is 43.1 Å². The molecule has 61 heavy (non-hydrogen) atoms. The molecule has 3 fully saturated rings. The van der Waals surface area contributed by atoms with Crippen LogP contribution in [0.5, 0.6) is 0 Å². The minimum Gasteiger partial charge on any atom is -0.382 e. The van der Waals surface area contributed by atoms with E-state index in [1.54, 1.807) is 29.1 Å². The van der Waals surface area contributed by atoms with Gasteiger partial charge in [0.15, 0.2) is 11.3 Å². The SMILES string of the molecule is CN(CC1CCC(n2cc(NC(=O)c3cnn4ccc(C5=CCOCC5)nc34)c(C(F)F)n2)CC1)C1CCC(Nc2cccc3c2C(=O)N(C2CCC(=O)NC2=O)C3=O)CC1. The number of nitrogens with zero attached hydrogens (tertiary/aromatic N) is 7. The highest BCUT2D eigenvalue weighted by molar-refractivity contribution is 6.25. The number of alkyl halides is 2. The molecular formula is C43H48F2N10O6. The monoisotopic (exact) mass is 838 g/mol. The second-order valence-corrected chi connectivity index (χ2v) is 16.8. The third-order valence-electron chi connectivity index (χ3n) is 13.0. The largest absolute Gasteiger partial charge is 0.382 e. The predicted molar refractivity (Wildman–Crippen MR) is 218 cm³/mol. The van der Waals surface area contributed by atoms with Gasteiger partial charge in [-0.15, -0.1) is 0 Å². The molecule has 3 N–H and O–H groups in total. The van der Waals surface area contributed by atoms with Crippen LogP contribution in [-0.2, 0) is 14.3 Å². The molecule has 320 valence electrons. The Hall–Kier alpha value is -5.88. The zero-order valence-corrected chi connectivity index (χ0v) is 33.8. The molecule has 1 atom stereocenters. The number of hydrogen-bond acceptors (Lipinski definition) is 11. The Labute approximate surface area is 350 Å². The maximum Gasteiger partial charge on any atom is 0.284 e. The van der Waals surface area contributed by atoms with Gasteiger partial charge in [0, 0.05) is 43.1 Å². The van der Waals surface area contributed by atoms with Crippen molar-refractivity contribution in [1.82, 2.24) is 39.5 Å². The van der Waals surface area contributed by atoms with Crippen molar-refractivity contribution in [3.8, 4) is 0 Å². The summed E-state index contributed by atoms with van der Waals surface area (Å²) in [5.41, 5.74) is 2.83. The van der Waals surface area contributed by atoms with Gasteiger partial charge >= 0.3 is 0 Å². The van der Waals surface area contributed by atoms with E-state index in [0.29, 0.717) is 48.6 Å². The number of benzene rings is 1. The van der Waals surface area contributed by atoms with Crippen LogP contribution in [0.15, 0.2) is 48.9 Å². The standard InChI is InChI=1S/C43H48F2N10O6/c1-52(27-11-7-26(8-12-27)47-32-4-2-3-29-36(32)43(60)55(42(29)59)34-13-14-35(56)50-41(34)58)22-24-5-9-28(10-6-24)54-23-33(37(51-54)38(44)45)49-40(57)30-21-46-53-18-15-31(48-39(30)53)25-16-19-61-20-17-25/h2-4,15-16,18,21,23-24,26-28,34,38,47H,5-14,17,19-20,22H2,1H3,(H,49,57)(H,50,56,58). The topological polar surface area (TPSA) is 185 Å². The van der Waals surface area contributed by atoms with Crippen LogP contribution in [0.25, 0.3) is 11.2 Å². The maximum atomic E-state index is 14.3. The number of halogens is 2. The lowest BCUT2D eigenvalue weighted by molar-refractivity contribution is -0.136. The zero-order valence-electron chi connectivity index (χ0n) is 33.8. The van der Waals surface area contributed by atoms with E-state index in [-0.39, 0.29) is 47.3 Å². The number of imide groups is 2. The quantitative estimate of drug-likeness (QED) is 0.164. The van der Waals surface area contributed by atoms with E-state index in [9.17, 15) is 32.8 Å². The lowest BCUT2D eigenvalue weighted by Gasteiger charge is -2.38. The van der Waals surface area contributed by atoms with Crippen molar-refractivity contribution in [1.29, 1.82) is 0 Å². The maximum absolute atomic E-state index is 14.3. The van der Waals surface area contributed by atoms with Crippen molar-refractivity contribution in [2.45, 2.75) is 101 Å². The van der Waals surface area contributed by atoms with Gasteiger partial charge in [-0.05, 0) is 101 Å². The number of anilines is 2. The second-order valence-electron chi connectivity index (χ2n) is 16.8. The third-order valence-corrected chi connectivity index (χ3v) is 13.0. The Morgan fingerprint density at radius 3 is 2.52 bits per heavy atom. The van der Waals surface area contributed by atoms with Gasteiger partial charge in [-0.3, -0.25) is 38.9 Å². The zero-order chi connectivity index (χ0) is 42.4. The second kappa shape index (κ2) is 16.9. The Kier molecular flexibility index (Phi) is 11.2. The van der Waals surface area contributed by atoms with Gasteiger partial charge in [0.25, 0.3) is 24.1 Å². The number of carbonyl (C=O) groups is 5. The fourth-order valence-corrected chi connectivity index (χ4v) is 9.67. The molecule has 1 unspecified atom stereocenters. The number of piperidine rings is 1. The highest BCUT2D eigenvalue weighted by Crippen LogP contribution is 2.38.